The van der Waals surface area contributed by atoms with Gasteiger partial charge in [0.05, 0.1) is 13.3 Å². The lowest BCUT2D eigenvalue weighted by Crippen LogP contribution is -2.27. The summed E-state index contributed by atoms with van der Waals surface area (Å²) in [4.78, 5) is 12.1. The van der Waals surface area contributed by atoms with Crippen LogP contribution in [0.3, 0.4) is 0 Å². The van der Waals surface area contributed by atoms with Crippen LogP contribution in [-0.2, 0) is 11.8 Å². The Morgan fingerprint density at radius 1 is 1.50 bits per heavy atom. The lowest BCUT2D eigenvalue weighted by Gasteiger charge is -2.12. The first-order chi connectivity index (χ1) is 9.51. The van der Waals surface area contributed by atoms with Gasteiger partial charge in [0.2, 0.25) is 5.91 Å². The molecule has 1 amide bonds. The maximum Gasteiger partial charge on any atom is 0.246 e. The third-order valence-electron chi connectivity index (χ3n) is 3.03. The zero-order valence-electron chi connectivity index (χ0n) is 11.8. The minimum absolute atomic E-state index is 0.275. The molecule has 20 heavy (non-hydrogen) atoms. The van der Waals surface area contributed by atoms with Gasteiger partial charge in [-0.3, -0.25) is 9.48 Å². The highest BCUT2D eigenvalue weighted by Gasteiger charge is 2.17. The molecule has 0 saturated carbocycles. The number of carbonyl (C=O) groups is 1. The fourth-order valence-corrected chi connectivity index (χ4v) is 1.93. The number of carbonyl (C=O) groups excluding carboxylic acids is 1. The molecule has 2 rings (SSSR count). The molecule has 0 aliphatic carbocycles. The van der Waals surface area contributed by atoms with Crippen LogP contribution >= 0.6 is 0 Å². The van der Waals surface area contributed by atoms with E-state index in [9.17, 15) is 4.79 Å². The number of benzene rings is 1. The van der Waals surface area contributed by atoms with Gasteiger partial charge in [0, 0.05) is 24.5 Å². The number of anilines is 1. The maximum atomic E-state index is 12.1. The van der Waals surface area contributed by atoms with E-state index < -0.39 is 6.04 Å². The SMILES string of the molecule is COc1ccc(NC(=O)C(N)c2cnn(C)c2)cc1C. The summed E-state index contributed by atoms with van der Waals surface area (Å²) in [5, 5.41) is 6.79. The van der Waals surface area contributed by atoms with Crippen LogP contribution in [0, 0.1) is 6.92 Å². The maximum absolute atomic E-state index is 12.1. The number of aromatic nitrogens is 2. The van der Waals surface area contributed by atoms with Gasteiger partial charge in [-0.1, -0.05) is 0 Å². The summed E-state index contributed by atoms with van der Waals surface area (Å²) >= 11 is 0. The van der Waals surface area contributed by atoms with Crippen molar-refractivity contribution in [2.24, 2.45) is 12.8 Å². The Hall–Kier alpha value is -2.34. The largest absolute Gasteiger partial charge is 0.496 e. The zero-order valence-corrected chi connectivity index (χ0v) is 11.8. The summed E-state index contributed by atoms with van der Waals surface area (Å²) in [5.41, 5.74) is 8.21. The first kappa shape index (κ1) is 14.1. The third-order valence-corrected chi connectivity index (χ3v) is 3.03. The van der Waals surface area contributed by atoms with E-state index in [4.69, 9.17) is 10.5 Å². The second-order valence-corrected chi connectivity index (χ2v) is 4.60. The van der Waals surface area contributed by atoms with Crippen LogP contribution in [0.2, 0.25) is 0 Å². The van der Waals surface area contributed by atoms with E-state index in [1.54, 1.807) is 43.4 Å². The monoisotopic (exact) mass is 274 g/mol. The number of nitrogens with one attached hydrogen (secondary N) is 1. The van der Waals surface area contributed by atoms with E-state index >= 15 is 0 Å². The van der Waals surface area contributed by atoms with Crippen molar-refractivity contribution >= 4 is 11.6 Å². The van der Waals surface area contributed by atoms with Crippen molar-refractivity contribution in [3.05, 3.63) is 41.7 Å². The average molecular weight is 274 g/mol. The molecule has 0 bridgehead atoms. The molecule has 3 N–H and O–H groups in total. The van der Waals surface area contributed by atoms with Gasteiger partial charge in [-0.25, -0.2) is 0 Å². The number of amides is 1. The number of hydrogen-bond donors (Lipinski definition) is 2. The Morgan fingerprint density at radius 2 is 2.25 bits per heavy atom. The molecule has 1 unspecified atom stereocenters. The van der Waals surface area contributed by atoms with Crippen molar-refractivity contribution in [1.29, 1.82) is 0 Å². The van der Waals surface area contributed by atoms with Crippen LogP contribution in [0.4, 0.5) is 5.69 Å². The molecule has 6 heteroatoms. The normalized spacial score (nSPS) is 12.0. The van der Waals surface area contributed by atoms with Crippen molar-refractivity contribution in [2.45, 2.75) is 13.0 Å². The van der Waals surface area contributed by atoms with E-state index in [0.717, 1.165) is 11.3 Å². The highest BCUT2D eigenvalue weighted by Crippen LogP contribution is 2.22. The minimum atomic E-state index is -0.744. The molecule has 1 atom stereocenters. The molecule has 0 aliphatic rings. The summed E-state index contributed by atoms with van der Waals surface area (Å²) in [7, 11) is 3.39. The molecule has 0 spiro atoms. The molecular weight excluding hydrogens is 256 g/mol. The van der Waals surface area contributed by atoms with Crippen LogP contribution in [0.15, 0.2) is 30.6 Å². The highest BCUT2D eigenvalue weighted by atomic mass is 16.5. The third kappa shape index (κ3) is 2.97. The minimum Gasteiger partial charge on any atom is -0.496 e. The van der Waals surface area contributed by atoms with Crippen molar-refractivity contribution < 1.29 is 9.53 Å². The van der Waals surface area contributed by atoms with E-state index in [-0.39, 0.29) is 5.91 Å². The van der Waals surface area contributed by atoms with Gasteiger partial charge in [-0.2, -0.15) is 5.10 Å². The zero-order chi connectivity index (χ0) is 14.7. The standard InChI is InChI=1S/C14H18N4O2/c1-9-6-11(4-5-12(9)20-3)17-14(19)13(15)10-7-16-18(2)8-10/h4-8,13H,15H2,1-3H3,(H,17,19). The van der Waals surface area contributed by atoms with Crippen molar-refractivity contribution in [2.75, 3.05) is 12.4 Å². The van der Waals surface area contributed by atoms with Gasteiger partial charge in [0.1, 0.15) is 11.8 Å². The van der Waals surface area contributed by atoms with Gasteiger partial charge in [-0.15, -0.1) is 0 Å². The van der Waals surface area contributed by atoms with Crippen LogP contribution < -0.4 is 15.8 Å². The first-order valence-corrected chi connectivity index (χ1v) is 6.21. The molecule has 2 aromatic rings. The van der Waals surface area contributed by atoms with Crippen molar-refractivity contribution in [3.63, 3.8) is 0 Å². The molecule has 0 saturated heterocycles. The number of rotatable bonds is 4. The molecule has 1 aromatic carbocycles. The molecule has 0 fully saturated rings. The van der Waals surface area contributed by atoms with E-state index in [2.05, 4.69) is 10.4 Å². The number of hydrogen-bond acceptors (Lipinski definition) is 4. The number of nitrogens with zero attached hydrogens (tertiary/aromatic N) is 2. The molecule has 0 aliphatic heterocycles. The molecule has 0 radical (unpaired) electrons. The molecular formula is C14H18N4O2. The summed E-state index contributed by atoms with van der Waals surface area (Å²) in [6.45, 7) is 1.91. The number of methoxy groups -OCH3 is 1. The Morgan fingerprint density at radius 3 is 2.80 bits per heavy atom. The lowest BCUT2D eigenvalue weighted by molar-refractivity contribution is -0.117. The Labute approximate surface area is 117 Å². The van der Waals surface area contributed by atoms with Crippen LogP contribution in [-0.4, -0.2) is 22.8 Å². The number of nitrogens with two attached hydrogens (primary N) is 1. The average Bonchev–Trinajstić information content (AvgIpc) is 2.84. The Bertz CT molecular complexity index is 621. The fourth-order valence-electron chi connectivity index (χ4n) is 1.93. The Balaban J connectivity index is 2.09. The molecule has 6 nitrogen and oxygen atoms in total. The van der Waals surface area contributed by atoms with Gasteiger partial charge >= 0.3 is 0 Å². The van der Waals surface area contributed by atoms with Gasteiger partial charge < -0.3 is 15.8 Å². The fraction of sp³-hybridized carbons (Fsp3) is 0.286. The molecule has 1 aromatic heterocycles. The van der Waals surface area contributed by atoms with E-state index in [0.29, 0.717) is 11.3 Å². The van der Waals surface area contributed by atoms with Gasteiger partial charge in [0.15, 0.2) is 0 Å². The highest BCUT2D eigenvalue weighted by molar-refractivity contribution is 5.95. The summed E-state index contributed by atoms with van der Waals surface area (Å²) in [6, 6.07) is 4.68. The van der Waals surface area contributed by atoms with E-state index in [1.165, 1.54) is 0 Å². The van der Waals surface area contributed by atoms with Crippen LogP contribution in [0.1, 0.15) is 17.2 Å². The summed E-state index contributed by atoms with van der Waals surface area (Å²) in [5.74, 6) is 0.502. The van der Waals surface area contributed by atoms with Crippen LogP contribution in [0.5, 0.6) is 5.75 Å². The topological polar surface area (TPSA) is 82.2 Å². The molecule has 106 valence electrons. The molecule has 1 heterocycles. The van der Waals surface area contributed by atoms with Crippen LogP contribution in [0.25, 0.3) is 0 Å². The number of aryl methyl sites for hydroxylation is 2. The lowest BCUT2D eigenvalue weighted by atomic mass is 10.1. The van der Waals surface area contributed by atoms with E-state index in [1.807, 2.05) is 13.0 Å². The smallest absolute Gasteiger partial charge is 0.246 e. The predicted octanol–water partition coefficient (Wildman–Crippen LogP) is 1.38. The second kappa shape index (κ2) is 5.75. The second-order valence-electron chi connectivity index (χ2n) is 4.60. The predicted molar refractivity (Wildman–Crippen MR) is 76.5 cm³/mol. The van der Waals surface area contributed by atoms with Gasteiger partial charge in [0.25, 0.3) is 0 Å². The number of ether oxygens (including phenoxy) is 1. The quantitative estimate of drug-likeness (QED) is 0.882. The van der Waals surface area contributed by atoms with Crippen molar-refractivity contribution in [3.8, 4) is 5.75 Å². The first-order valence-electron chi connectivity index (χ1n) is 6.21. The van der Waals surface area contributed by atoms with Gasteiger partial charge in [-0.05, 0) is 30.7 Å². The van der Waals surface area contributed by atoms with Crippen molar-refractivity contribution in [1.82, 2.24) is 9.78 Å². The summed E-state index contributed by atoms with van der Waals surface area (Å²) < 4.78 is 6.79. The Kier molecular flexibility index (Phi) is 4.05. The summed E-state index contributed by atoms with van der Waals surface area (Å²) in [6.07, 6.45) is 3.31.